The van der Waals surface area contributed by atoms with Gasteiger partial charge in [-0.2, -0.15) is 0 Å². The summed E-state index contributed by atoms with van der Waals surface area (Å²) in [6.07, 6.45) is 4.48. The number of benzene rings is 2. The Kier molecular flexibility index (Phi) is 5.23. The fourth-order valence-electron chi connectivity index (χ4n) is 4.43. The molecule has 2 aromatic carbocycles. The number of rotatable bonds is 5. The summed E-state index contributed by atoms with van der Waals surface area (Å²) in [5.74, 6) is 0.749. The highest BCUT2D eigenvalue weighted by Crippen LogP contribution is 2.33. The highest BCUT2D eigenvalue weighted by molar-refractivity contribution is 7.18. The van der Waals surface area contributed by atoms with Gasteiger partial charge in [0, 0.05) is 16.0 Å². The predicted octanol–water partition coefficient (Wildman–Crippen LogP) is 4.02. The van der Waals surface area contributed by atoms with Crippen LogP contribution in [0.2, 0.25) is 0 Å². The van der Waals surface area contributed by atoms with E-state index in [1.54, 1.807) is 11.3 Å². The zero-order valence-corrected chi connectivity index (χ0v) is 18.0. The number of nitrogens with one attached hydrogen (secondary N) is 1. The number of thiophene rings is 1. The fraction of sp³-hybridized carbons (Fsp3) is 0.280. The molecule has 0 unspecified atom stereocenters. The van der Waals surface area contributed by atoms with Gasteiger partial charge in [0.1, 0.15) is 17.4 Å². The molecule has 2 aromatic heterocycles. The van der Waals surface area contributed by atoms with Crippen LogP contribution in [-0.2, 0) is 19.4 Å². The van der Waals surface area contributed by atoms with Gasteiger partial charge >= 0.3 is 0 Å². The molecule has 0 spiro atoms. The first-order valence-electron chi connectivity index (χ1n) is 10.7. The maximum atomic E-state index is 12.9. The summed E-state index contributed by atoms with van der Waals surface area (Å²) < 4.78 is 0. The molecule has 0 amide bonds. The Morgan fingerprint density at radius 3 is 2.57 bits per heavy atom. The molecule has 5 heteroatoms. The summed E-state index contributed by atoms with van der Waals surface area (Å²) >= 11 is 1.71. The molecule has 0 saturated carbocycles. The number of H-pyrrole nitrogens is 1. The Hall–Kier alpha value is -2.76. The van der Waals surface area contributed by atoms with Crippen molar-refractivity contribution in [3.05, 3.63) is 97.9 Å². The fourth-order valence-corrected chi connectivity index (χ4v) is 5.71. The number of hydrogen-bond acceptors (Lipinski definition) is 3. The number of aryl methyl sites for hydroxylation is 3. The number of hydrogen-bond donors (Lipinski definition) is 2. The van der Waals surface area contributed by atoms with Crippen LogP contribution in [0.3, 0.4) is 0 Å². The van der Waals surface area contributed by atoms with E-state index in [0.717, 1.165) is 28.9 Å². The molecule has 4 nitrogen and oxygen atoms in total. The smallest absolute Gasteiger partial charge is 0.260 e. The molecule has 0 saturated heterocycles. The molecule has 0 aliphatic heterocycles. The van der Waals surface area contributed by atoms with Gasteiger partial charge in [-0.3, -0.25) is 4.79 Å². The molecular weight excluding hydrogens is 390 g/mol. The molecule has 1 atom stereocenters. The summed E-state index contributed by atoms with van der Waals surface area (Å²) in [7, 11) is 0. The number of nitrogens with zero attached hydrogens (tertiary/aromatic N) is 1. The van der Waals surface area contributed by atoms with E-state index in [9.17, 15) is 4.79 Å². The topological polar surface area (TPSA) is 62.4 Å². The van der Waals surface area contributed by atoms with Gasteiger partial charge in [-0.15, -0.1) is 11.3 Å². The van der Waals surface area contributed by atoms with Crippen LogP contribution >= 0.6 is 11.3 Å². The molecule has 4 aromatic rings. The summed E-state index contributed by atoms with van der Waals surface area (Å²) in [5.41, 5.74) is 5.02. The lowest BCUT2D eigenvalue weighted by Crippen LogP contribution is -2.84. The Bertz CT molecular complexity index is 1230. The van der Waals surface area contributed by atoms with Crippen LogP contribution in [-0.4, -0.2) is 9.97 Å². The van der Waals surface area contributed by atoms with E-state index in [2.05, 4.69) is 65.8 Å². The lowest BCUT2D eigenvalue weighted by Gasteiger charge is -2.16. The molecule has 3 N–H and O–H groups in total. The average molecular weight is 417 g/mol. The maximum Gasteiger partial charge on any atom is 0.260 e. The zero-order valence-electron chi connectivity index (χ0n) is 17.2. The van der Waals surface area contributed by atoms with Gasteiger partial charge in [-0.05, 0) is 38.2 Å². The van der Waals surface area contributed by atoms with Crippen molar-refractivity contribution in [2.75, 3.05) is 0 Å². The Morgan fingerprint density at radius 1 is 1.03 bits per heavy atom. The average Bonchev–Trinajstić information content (AvgIpc) is 3.15. The molecule has 1 aliphatic carbocycles. The zero-order chi connectivity index (χ0) is 20.5. The summed E-state index contributed by atoms with van der Waals surface area (Å²) in [6.45, 7) is 2.73. The number of nitrogens with two attached hydrogens (primary N) is 1. The monoisotopic (exact) mass is 416 g/mol. The van der Waals surface area contributed by atoms with E-state index in [4.69, 9.17) is 4.98 Å². The van der Waals surface area contributed by atoms with E-state index in [1.807, 2.05) is 6.07 Å². The molecule has 0 fully saturated rings. The molecule has 0 bridgehead atoms. The molecule has 0 radical (unpaired) electrons. The SMILES string of the molecule is Cc1ccc([C@@H]([NH2+]Cc2nc3sc4c(c3c(=O)[nH]2)CCCC4)c2ccccc2)cc1. The van der Waals surface area contributed by atoms with Crippen molar-refractivity contribution in [3.8, 4) is 0 Å². The number of fused-ring (bicyclic) bond motifs is 3. The van der Waals surface area contributed by atoms with Crippen molar-refractivity contribution in [1.82, 2.24) is 9.97 Å². The minimum Gasteiger partial charge on any atom is -0.330 e. The van der Waals surface area contributed by atoms with Gasteiger partial charge in [-0.1, -0.05) is 60.2 Å². The molecular formula is C25H26N3OS+. The second-order valence-corrected chi connectivity index (χ2v) is 9.23. The highest BCUT2D eigenvalue weighted by atomic mass is 32.1. The van der Waals surface area contributed by atoms with E-state index in [0.29, 0.717) is 6.54 Å². The van der Waals surface area contributed by atoms with Crippen LogP contribution in [0, 0.1) is 6.92 Å². The van der Waals surface area contributed by atoms with Gasteiger partial charge in [0.15, 0.2) is 5.82 Å². The van der Waals surface area contributed by atoms with Crippen LogP contribution in [0.4, 0.5) is 0 Å². The van der Waals surface area contributed by atoms with Gasteiger partial charge in [-0.25, -0.2) is 4.98 Å². The predicted molar refractivity (Wildman–Crippen MR) is 122 cm³/mol. The second-order valence-electron chi connectivity index (χ2n) is 8.14. The molecule has 2 heterocycles. The number of quaternary nitrogens is 1. The number of aromatic nitrogens is 2. The van der Waals surface area contributed by atoms with Gasteiger partial charge < -0.3 is 10.3 Å². The minimum atomic E-state index is 0.0226. The minimum absolute atomic E-state index is 0.0226. The van der Waals surface area contributed by atoms with Gasteiger partial charge in [0.05, 0.1) is 5.39 Å². The van der Waals surface area contributed by atoms with Crippen LogP contribution < -0.4 is 10.9 Å². The molecule has 152 valence electrons. The van der Waals surface area contributed by atoms with Crippen LogP contribution in [0.5, 0.6) is 0 Å². The first-order chi connectivity index (χ1) is 14.7. The summed E-state index contributed by atoms with van der Waals surface area (Å²) in [5, 5.41) is 3.09. The van der Waals surface area contributed by atoms with Crippen molar-refractivity contribution in [2.24, 2.45) is 0 Å². The van der Waals surface area contributed by atoms with Crippen LogP contribution in [0.1, 0.15) is 51.8 Å². The Labute approximate surface area is 180 Å². The highest BCUT2D eigenvalue weighted by Gasteiger charge is 2.21. The van der Waals surface area contributed by atoms with Crippen molar-refractivity contribution in [1.29, 1.82) is 0 Å². The second kappa shape index (κ2) is 8.17. The van der Waals surface area contributed by atoms with E-state index < -0.39 is 0 Å². The molecule has 5 rings (SSSR count). The van der Waals surface area contributed by atoms with Crippen LogP contribution in [0.15, 0.2) is 59.4 Å². The lowest BCUT2D eigenvalue weighted by atomic mass is 9.97. The number of aromatic amines is 1. The Morgan fingerprint density at radius 2 is 1.77 bits per heavy atom. The van der Waals surface area contributed by atoms with Crippen molar-refractivity contribution < 1.29 is 5.32 Å². The molecule has 1 aliphatic rings. The van der Waals surface area contributed by atoms with E-state index >= 15 is 0 Å². The molecule has 30 heavy (non-hydrogen) atoms. The summed E-state index contributed by atoms with van der Waals surface area (Å²) in [4.78, 5) is 23.0. The van der Waals surface area contributed by atoms with Crippen LogP contribution in [0.25, 0.3) is 10.2 Å². The van der Waals surface area contributed by atoms with Crippen molar-refractivity contribution >= 4 is 21.6 Å². The Balaban J connectivity index is 1.46. The van der Waals surface area contributed by atoms with Gasteiger partial charge in [0.2, 0.25) is 0 Å². The first-order valence-corrected chi connectivity index (χ1v) is 11.5. The first kappa shape index (κ1) is 19.2. The summed E-state index contributed by atoms with van der Waals surface area (Å²) in [6, 6.07) is 19.4. The standard InChI is InChI=1S/C25H25N3OS/c1-16-11-13-18(14-12-16)23(17-7-3-2-4-8-17)26-15-21-27-24(29)22-19-9-5-6-10-20(19)30-25(22)28-21/h2-4,7-8,11-14,23,26H,5-6,9-10,15H2,1H3,(H,27,28,29)/p+1/t23-/m0/s1. The normalized spacial score (nSPS) is 14.6. The van der Waals surface area contributed by atoms with Crippen molar-refractivity contribution in [3.63, 3.8) is 0 Å². The van der Waals surface area contributed by atoms with Crippen molar-refractivity contribution in [2.45, 2.75) is 45.2 Å². The maximum absolute atomic E-state index is 12.9. The third-order valence-electron chi connectivity index (χ3n) is 6.02. The van der Waals surface area contributed by atoms with E-state index in [1.165, 1.54) is 40.0 Å². The quantitative estimate of drug-likeness (QED) is 0.516. The third-order valence-corrected chi connectivity index (χ3v) is 7.20. The lowest BCUT2D eigenvalue weighted by molar-refractivity contribution is -0.703. The third kappa shape index (κ3) is 3.71. The largest absolute Gasteiger partial charge is 0.330 e. The van der Waals surface area contributed by atoms with Gasteiger partial charge in [0.25, 0.3) is 5.56 Å². The van der Waals surface area contributed by atoms with E-state index in [-0.39, 0.29) is 11.6 Å².